The molecule has 0 aliphatic rings. The highest BCUT2D eigenvalue weighted by molar-refractivity contribution is 5.76. The van der Waals surface area contributed by atoms with Crippen molar-refractivity contribution >= 4 is 5.91 Å². The number of ether oxygens (including phenoxy) is 1. The summed E-state index contributed by atoms with van der Waals surface area (Å²) in [6.07, 6.45) is 1.09. The van der Waals surface area contributed by atoms with E-state index in [9.17, 15) is 4.79 Å². The van der Waals surface area contributed by atoms with Crippen LogP contribution in [0, 0.1) is 0 Å². The average molecular weight is 219 g/mol. The Bertz CT molecular complexity index is 169. The minimum Gasteiger partial charge on any atom is -0.395 e. The molecule has 0 bridgehead atoms. The fourth-order valence-corrected chi connectivity index (χ4v) is 1.21. The lowest BCUT2D eigenvalue weighted by Crippen LogP contribution is -2.36. The Balaban J connectivity index is 3.90. The summed E-state index contributed by atoms with van der Waals surface area (Å²) in [6.45, 7) is 2.30. The Morgan fingerprint density at radius 2 is 1.87 bits per heavy atom. The topological polar surface area (TPSA) is 70.0 Å². The fraction of sp³-hybridized carbons (Fsp3) is 0.900. The number of rotatable bonds is 8. The summed E-state index contributed by atoms with van der Waals surface area (Å²) in [4.78, 5) is 13.1. The van der Waals surface area contributed by atoms with Crippen LogP contribution in [-0.4, -0.2) is 60.5 Å². The van der Waals surface area contributed by atoms with Gasteiger partial charge in [0.2, 0.25) is 5.91 Å². The number of hydrogen-bond acceptors (Lipinski definition) is 4. The molecule has 1 unspecified atom stereocenters. The van der Waals surface area contributed by atoms with Crippen molar-refractivity contribution in [3.05, 3.63) is 0 Å². The zero-order valence-corrected chi connectivity index (χ0v) is 9.48. The van der Waals surface area contributed by atoms with Crippen molar-refractivity contribution in [3.8, 4) is 0 Å². The summed E-state index contributed by atoms with van der Waals surface area (Å²) in [5.74, 6) is -0.0537. The molecule has 0 fully saturated rings. The van der Waals surface area contributed by atoms with Crippen molar-refractivity contribution in [2.45, 2.75) is 25.9 Å². The maximum atomic E-state index is 11.6. The van der Waals surface area contributed by atoms with Crippen molar-refractivity contribution in [1.29, 1.82) is 0 Å². The Labute approximate surface area is 90.6 Å². The molecule has 0 saturated heterocycles. The normalized spacial score (nSPS) is 12.5. The highest BCUT2D eigenvalue weighted by Gasteiger charge is 2.13. The van der Waals surface area contributed by atoms with Crippen molar-refractivity contribution in [2.24, 2.45) is 0 Å². The highest BCUT2D eigenvalue weighted by Crippen LogP contribution is 2.03. The number of carbonyl (C=O) groups excluding carboxylic acids is 1. The second-order valence-corrected chi connectivity index (χ2v) is 3.41. The largest absolute Gasteiger partial charge is 0.395 e. The van der Waals surface area contributed by atoms with Gasteiger partial charge in [-0.25, -0.2) is 0 Å². The maximum absolute atomic E-state index is 11.6. The predicted octanol–water partition coefficient (Wildman–Crippen LogP) is -0.385. The number of amides is 1. The van der Waals surface area contributed by atoms with Gasteiger partial charge in [0.1, 0.15) is 0 Å². The number of aliphatic hydroxyl groups is 2. The number of aliphatic hydroxyl groups excluding tert-OH is 2. The van der Waals surface area contributed by atoms with Crippen molar-refractivity contribution < 1.29 is 19.7 Å². The molecule has 0 rings (SSSR count). The number of carbonyl (C=O) groups is 1. The third-order valence-corrected chi connectivity index (χ3v) is 2.26. The molecule has 1 amide bonds. The highest BCUT2D eigenvalue weighted by atomic mass is 16.5. The van der Waals surface area contributed by atoms with Gasteiger partial charge in [-0.05, 0) is 13.3 Å². The molecule has 15 heavy (non-hydrogen) atoms. The second-order valence-electron chi connectivity index (χ2n) is 3.41. The van der Waals surface area contributed by atoms with E-state index in [1.165, 1.54) is 4.90 Å². The standard InChI is InChI=1S/C10H21NO4/c1-9(15-2)3-4-10(14)11(5-7-12)6-8-13/h9,12-13H,3-8H2,1-2H3. The molecular formula is C10H21NO4. The zero-order valence-electron chi connectivity index (χ0n) is 9.48. The SMILES string of the molecule is COC(C)CCC(=O)N(CCO)CCO. The van der Waals surface area contributed by atoms with Crippen molar-refractivity contribution in [3.63, 3.8) is 0 Å². The van der Waals surface area contributed by atoms with E-state index in [-0.39, 0.29) is 38.3 Å². The summed E-state index contributed by atoms with van der Waals surface area (Å²) >= 11 is 0. The van der Waals surface area contributed by atoms with Gasteiger partial charge in [-0.1, -0.05) is 0 Å². The molecule has 0 saturated carbocycles. The van der Waals surface area contributed by atoms with Crippen molar-refractivity contribution in [1.82, 2.24) is 4.90 Å². The van der Waals surface area contributed by atoms with Gasteiger partial charge in [0, 0.05) is 26.6 Å². The first-order valence-corrected chi connectivity index (χ1v) is 5.18. The quantitative estimate of drug-likeness (QED) is 0.583. The van der Waals surface area contributed by atoms with Gasteiger partial charge in [-0.2, -0.15) is 0 Å². The first kappa shape index (κ1) is 14.3. The fourth-order valence-electron chi connectivity index (χ4n) is 1.21. The van der Waals surface area contributed by atoms with Crippen LogP contribution in [0.2, 0.25) is 0 Å². The molecule has 0 radical (unpaired) electrons. The minimum absolute atomic E-state index is 0.0537. The van der Waals surface area contributed by atoms with E-state index in [0.717, 1.165) is 0 Å². The molecule has 0 aromatic rings. The van der Waals surface area contributed by atoms with Crippen LogP contribution in [0.15, 0.2) is 0 Å². The van der Waals surface area contributed by atoms with Crippen LogP contribution >= 0.6 is 0 Å². The number of hydrogen-bond donors (Lipinski definition) is 2. The Morgan fingerprint density at radius 1 is 1.33 bits per heavy atom. The van der Waals surface area contributed by atoms with Gasteiger partial charge in [-0.3, -0.25) is 4.79 Å². The Hall–Kier alpha value is -0.650. The third kappa shape index (κ3) is 6.43. The Kier molecular flexibility index (Phi) is 8.27. The molecule has 1 atom stereocenters. The third-order valence-electron chi connectivity index (χ3n) is 2.26. The van der Waals surface area contributed by atoms with Gasteiger partial charge in [0.05, 0.1) is 19.3 Å². The lowest BCUT2D eigenvalue weighted by atomic mass is 10.2. The summed E-state index contributed by atoms with van der Waals surface area (Å²) in [5.41, 5.74) is 0. The average Bonchev–Trinajstić information content (AvgIpc) is 2.25. The second kappa shape index (κ2) is 8.64. The number of methoxy groups -OCH3 is 1. The molecule has 90 valence electrons. The van der Waals surface area contributed by atoms with Gasteiger partial charge in [0.15, 0.2) is 0 Å². The van der Waals surface area contributed by atoms with Crippen LogP contribution in [-0.2, 0) is 9.53 Å². The lowest BCUT2D eigenvalue weighted by Gasteiger charge is -2.21. The Morgan fingerprint density at radius 3 is 2.27 bits per heavy atom. The van der Waals surface area contributed by atoms with E-state index in [1.54, 1.807) is 7.11 Å². The van der Waals surface area contributed by atoms with Crippen LogP contribution in [0.1, 0.15) is 19.8 Å². The first-order valence-electron chi connectivity index (χ1n) is 5.18. The van der Waals surface area contributed by atoms with Crippen molar-refractivity contribution in [2.75, 3.05) is 33.4 Å². The molecule has 5 heteroatoms. The van der Waals surface area contributed by atoms with Gasteiger partial charge < -0.3 is 19.8 Å². The van der Waals surface area contributed by atoms with Crippen LogP contribution in [0.3, 0.4) is 0 Å². The molecule has 0 aliphatic carbocycles. The minimum atomic E-state index is -0.0778. The molecule has 0 aliphatic heterocycles. The van der Waals surface area contributed by atoms with Gasteiger partial charge in [-0.15, -0.1) is 0 Å². The molecule has 2 N–H and O–H groups in total. The monoisotopic (exact) mass is 219 g/mol. The summed E-state index contributed by atoms with van der Waals surface area (Å²) < 4.78 is 5.03. The van der Waals surface area contributed by atoms with E-state index in [1.807, 2.05) is 6.92 Å². The summed E-state index contributed by atoms with van der Waals surface area (Å²) in [6, 6.07) is 0. The molecule has 0 aromatic carbocycles. The number of nitrogens with zero attached hydrogens (tertiary/aromatic N) is 1. The maximum Gasteiger partial charge on any atom is 0.222 e. The van der Waals surface area contributed by atoms with E-state index in [2.05, 4.69) is 0 Å². The molecule has 5 nitrogen and oxygen atoms in total. The first-order chi connectivity index (χ1) is 7.15. The zero-order chi connectivity index (χ0) is 11.7. The predicted molar refractivity (Wildman–Crippen MR) is 56.5 cm³/mol. The van der Waals surface area contributed by atoms with Crippen LogP contribution in [0.25, 0.3) is 0 Å². The lowest BCUT2D eigenvalue weighted by molar-refractivity contribution is -0.132. The summed E-state index contributed by atoms with van der Waals surface area (Å²) in [7, 11) is 1.61. The van der Waals surface area contributed by atoms with E-state index < -0.39 is 0 Å². The molecule has 0 heterocycles. The van der Waals surface area contributed by atoms with Crippen LogP contribution in [0.4, 0.5) is 0 Å². The molecule has 0 spiro atoms. The van der Waals surface area contributed by atoms with E-state index in [4.69, 9.17) is 14.9 Å². The van der Waals surface area contributed by atoms with Gasteiger partial charge >= 0.3 is 0 Å². The van der Waals surface area contributed by atoms with E-state index in [0.29, 0.717) is 12.8 Å². The van der Waals surface area contributed by atoms with E-state index >= 15 is 0 Å². The van der Waals surface area contributed by atoms with Gasteiger partial charge in [0.25, 0.3) is 0 Å². The molecular weight excluding hydrogens is 198 g/mol. The molecule has 0 aromatic heterocycles. The summed E-state index contributed by atoms with van der Waals surface area (Å²) in [5, 5.41) is 17.5. The van der Waals surface area contributed by atoms with Crippen LogP contribution < -0.4 is 0 Å². The van der Waals surface area contributed by atoms with Crippen LogP contribution in [0.5, 0.6) is 0 Å². The smallest absolute Gasteiger partial charge is 0.222 e.